The van der Waals surface area contributed by atoms with Gasteiger partial charge in [0.1, 0.15) is 0 Å². The molecule has 0 unspecified atom stereocenters. The van der Waals surface area contributed by atoms with Crippen LogP contribution in [0.5, 0.6) is 0 Å². The fourth-order valence-corrected chi connectivity index (χ4v) is 10.8. The van der Waals surface area contributed by atoms with E-state index in [0.717, 1.165) is 11.4 Å². The molecule has 0 bridgehead atoms. The van der Waals surface area contributed by atoms with Gasteiger partial charge in [0.15, 0.2) is 0 Å². The Morgan fingerprint density at radius 1 is 0.397 bits per heavy atom. The van der Waals surface area contributed by atoms with Gasteiger partial charge in [-0.1, -0.05) is 149 Å². The molecular formula is C56H54N2. The Bertz CT molecular complexity index is 2450. The Morgan fingerprint density at radius 3 is 1.41 bits per heavy atom. The van der Waals surface area contributed by atoms with E-state index >= 15 is 0 Å². The monoisotopic (exact) mass is 754 g/mol. The highest BCUT2D eigenvalue weighted by molar-refractivity contribution is 5.85. The van der Waals surface area contributed by atoms with Crippen molar-refractivity contribution in [3.63, 3.8) is 0 Å². The van der Waals surface area contributed by atoms with Crippen molar-refractivity contribution in [2.45, 2.75) is 88.4 Å². The van der Waals surface area contributed by atoms with Crippen LogP contribution in [0.4, 0.5) is 34.1 Å². The largest absolute Gasteiger partial charge is 0.311 e. The average Bonchev–Trinajstić information content (AvgIpc) is 3.88. The summed E-state index contributed by atoms with van der Waals surface area (Å²) in [6, 6.07) is 66.2. The zero-order valence-electron chi connectivity index (χ0n) is 34.1. The van der Waals surface area contributed by atoms with Crippen LogP contribution in [0.1, 0.15) is 105 Å². The molecule has 0 aromatic heterocycles. The van der Waals surface area contributed by atoms with E-state index < -0.39 is 0 Å². The van der Waals surface area contributed by atoms with Crippen molar-refractivity contribution in [3.8, 4) is 11.1 Å². The Labute approximate surface area is 345 Å². The fraction of sp³-hybridized carbons (Fsp3) is 0.250. The molecule has 0 amide bonds. The predicted molar refractivity (Wildman–Crippen MR) is 245 cm³/mol. The van der Waals surface area contributed by atoms with Gasteiger partial charge in [0, 0.05) is 45.0 Å². The molecule has 0 atom stereocenters. The molecule has 7 aromatic rings. The van der Waals surface area contributed by atoms with Crippen LogP contribution in [-0.2, 0) is 10.8 Å². The Hall–Kier alpha value is -5.86. The third kappa shape index (κ3) is 6.44. The lowest BCUT2D eigenvalue weighted by atomic mass is 9.73. The van der Waals surface area contributed by atoms with Gasteiger partial charge in [0.2, 0.25) is 0 Å². The molecule has 0 heterocycles. The van der Waals surface area contributed by atoms with Crippen molar-refractivity contribution >= 4 is 34.1 Å². The molecule has 0 spiro atoms. The van der Waals surface area contributed by atoms with E-state index in [-0.39, 0.29) is 10.8 Å². The summed E-state index contributed by atoms with van der Waals surface area (Å²) in [6.07, 6.45) is 11.5. The maximum Gasteiger partial charge on any atom is 0.0465 e. The first kappa shape index (κ1) is 36.5. The van der Waals surface area contributed by atoms with Gasteiger partial charge < -0.3 is 9.80 Å². The van der Waals surface area contributed by atoms with E-state index in [0.29, 0.717) is 5.92 Å². The molecule has 10 rings (SSSR count). The Morgan fingerprint density at radius 2 is 0.845 bits per heavy atom. The predicted octanol–water partition coefficient (Wildman–Crippen LogP) is 15.8. The molecule has 58 heavy (non-hydrogen) atoms. The molecule has 0 aliphatic heterocycles. The number of hydrogen-bond acceptors (Lipinski definition) is 2. The fourth-order valence-electron chi connectivity index (χ4n) is 10.8. The second-order valence-electron chi connectivity index (χ2n) is 17.6. The summed E-state index contributed by atoms with van der Waals surface area (Å²) in [4.78, 5) is 4.85. The van der Waals surface area contributed by atoms with Gasteiger partial charge in [-0.05, 0) is 143 Å². The van der Waals surface area contributed by atoms with Gasteiger partial charge in [0.25, 0.3) is 0 Å². The van der Waals surface area contributed by atoms with Crippen LogP contribution in [0.25, 0.3) is 11.1 Å². The van der Waals surface area contributed by atoms with E-state index in [1.54, 1.807) is 0 Å². The minimum absolute atomic E-state index is 0.00275. The highest BCUT2D eigenvalue weighted by atomic mass is 15.1. The van der Waals surface area contributed by atoms with Crippen molar-refractivity contribution in [2.75, 3.05) is 9.80 Å². The molecule has 2 fully saturated rings. The van der Waals surface area contributed by atoms with Crippen LogP contribution < -0.4 is 9.80 Å². The Balaban J connectivity index is 1.01. The average molecular weight is 755 g/mol. The molecule has 7 aromatic carbocycles. The standard InChI is InChI=1S/C56H54N2/c1-55(2)53-23-13-12-22-51(53)52-37-36-50(40-54(52)55)58(47-30-24-42(25-31-47)41-16-6-3-7-17-41)49-34-28-44(29-35-49)56(38-14-15-39-56)43-26-32-48(33-27-43)57(45-18-8-4-9-19-45)46-20-10-5-11-21-46/h4-5,8-13,18-37,40-41H,3,6-7,14-17,38-39H2,1-2H3. The third-order valence-electron chi connectivity index (χ3n) is 13.9. The molecular weight excluding hydrogens is 701 g/mol. The lowest BCUT2D eigenvalue weighted by molar-refractivity contribution is 0.443. The van der Waals surface area contributed by atoms with Gasteiger partial charge in [0.05, 0.1) is 0 Å². The van der Waals surface area contributed by atoms with Crippen LogP contribution in [0.3, 0.4) is 0 Å². The summed E-state index contributed by atoms with van der Waals surface area (Å²) in [5.41, 5.74) is 16.9. The SMILES string of the molecule is CC1(C)c2ccccc2-c2ccc(N(c3ccc(C4CCCCC4)cc3)c3ccc(C4(c5ccc(N(c6ccccc6)c6ccccc6)cc5)CCCC4)cc3)cc21. The summed E-state index contributed by atoms with van der Waals surface area (Å²) < 4.78 is 0. The van der Waals surface area contributed by atoms with Crippen molar-refractivity contribution in [1.82, 2.24) is 0 Å². The normalized spacial score (nSPS) is 16.7. The molecule has 3 aliphatic rings. The summed E-state index contributed by atoms with van der Waals surface area (Å²) in [7, 11) is 0. The number of benzene rings is 7. The third-order valence-corrected chi connectivity index (χ3v) is 13.9. The summed E-state index contributed by atoms with van der Waals surface area (Å²) in [5.74, 6) is 0.686. The van der Waals surface area contributed by atoms with Crippen molar-refractivity contribution in [3.05, 3.63) is 204 Å². The number of para-hydroxylation sites is 2. The first-order chi connectivity index (χ1) is 28.5. The van der Waals surface area contributed by atoms with Crippen LogP contribution in [0, 0.1) is 0 Å². The van der Waals surface area contributed by atoms with Crippen molar-refractivity contribution in [1.29, 1.82) is 0 Å². The van der Waals surface area contributed by atoms with E-state index in [9.17, 15) is 0 Å². The zero-order valence-corrected chi connectivity index (χ0v) is 34.1. The number of fused-ring (bicyclic) bond motifs is 3. The second kappa shape index (κ2) is 15.1. The first-order valence-corrected chi connectivity index (χ1v) is 21.8. The summed E-state index contributed by atoms with van der Waals surface area (Å²) in [5, 5.41) is 0. The zero-order chi connectivity index (χ0) is 39.1. The molecule has 2 saturated carbocycles. The minimum atomic E-state index is -0.0636. The topological polar surface area (TPSA) is 6.48 Å². The molecule has 2 heteroatoms. The number of hydrogen-bond donors (Lipinski definition) is 0. The van der Waals surface area contributed by atoms with E-state index in [2.05, 4.69) is 200 Å². The molecule has 2 nitrogen and oxygen atoms in total. The van der Waals surface area contributed by atoms with Crippen molar-refractivity contribution < 1.29 is 0 Å². The van der Waals surface area contributed by atoms with Crippen LogP contribution in [0.2, 0.25) is 0 Å². The number of anilines is 6. The van der Waals surface area contributed by atoms with E-state index in [1.807, 2.05) is 0 Å². The van der Waals surface area contributed by atoms with Gasteiger partial charge in [-0.3, -0.25) is 0 Å². The van der Waals surface area contributed by atoms with Gasteiger partial charge in [-0.25, -0.2) is 0 Å². The summed E-state index contributed by atoms with van der Waals surface area (Å²) >= 11 is 0. The van der Waals surface area contributed by atoms with Gasteiger partial charge in [-0.2, -0.15) is 0 Å². The molecule has 0 N–H and O–H groups in total. The lowest BCUT2D eigenvalue weighted by Crippen LogP contribution is -2.24. The van der Waals surface area contributed by atoms with Crippen LogP contribution >= 0.6 is 0 Å². The maximum absolute atomic E-state index is 2.49. The van der Waals surface area contributed by atoms with Crippen LogP contribution in [0.15, 0.2) is 176 Å². The quantitative estimate of drug-likeness (QED) is 0.145. The second-order valence-corrected chi connectivity index (χ2v) is 17.6. The van der Waals surface area contributed by atoms with Gasteiger partial charge >= 0.3 is 0 Å². The van der Waals surface area contributed by atoms with Crippen LogP contribution in [-0.4, -0.2) is 0 Å². The van der Waals surface area contributed by atoms with E-state index in [4.69, 9.17) is 0 Å². The summed E-state index contributed by atoms with van der Waals surface area (Å²) in [6.45, 7) is 4.77. The first-order valence-electron chi connectivity index (χ1n) is 21.8. The molecule has 0 saturated heterocycles. The number of nitrogens with zero attached hydrogens (tertiary/aromatic N) is 2. The highest BCUT2D eigenvalue weighted by Crippen LogP contribution is 2.52. The minimum Gasteiger partial charge on any atom is -0.311 e. The lowest BCUT2D eigenvalue weighted by Gasteiger charge is -2.33. The Kier molecular flexibility index (Phi) is 9.52. The van der Waals surface area contributed by atoms with Gasteiger partial charge in [-0.15, -0.1) is 0 Å². The maximum atomic E-state index is 2.49. The highest BCUT2D eigenvalue weighted by Gasteiger charge is 2.38. The molecule has 288 valence electrons. The molecule has 3 aliphatic carbocycles. The smallest absolute Gasteiger partial charge is 0.0465 e. The number of rotatable bonds is 9. The molecule has 0 radical (unpaired) electrons. The van der Waals surface area contributed by atoms with E-state index in [1.165, 1.54) is 119 Å². The van der Waals surface area contributed by atoms with Crippen molar-refractivity contribution in [2.24, 2.45) is 0 Å².